The molecule has 1 aromatic heterocycles. The van der Waals surface area contributed by atoms with Crippen molar-refractivity contribution in [3.8, 4) is 17.1 Å². The third-order valence-electron chi connectivity index (χ3n) is 4.35. The van der Waals surface area contributed by atoms with Crippen molar-refractivity contribution in [3.05, 3.63) is 105 Å². The van der Waals surface area contributed by atoms with E-state index in [0.717, 1.165) is 5.56 Å². The normalized spacial score (nSPS) is 11.1. The standard InChI is InChI=1S/C24H14Cl2O4/c25-16-11-12-17(19(26)14-16)23-24(22(28)18-8-4-5-9-20(18)29-23)30-21(27)13-10-15-6-2-1-3-7-15/h1-14H/b13-10+. The van der Waals surface area contributed by atoms with E-state index in [-0.39, 0.29) is 16.5 Å². The molecule has 0 saturated heterocycles. The molecule has 4 nitrogen and oxygen atoms in total. The molecule has 4 rings (SSSR count). The number of rotatable bonds is 4. The SMILES string of the molecule is O=C(/C=C/c1ccccc1)Oc1c(-c2ccc(Cl)cc2Cl)oc2ccccc2c1=O. The molecule has 3 aromatic carbocycles. The van der Waals surface area contributed by atoms with E-state index in [1.165, 1.54) is 12.1 Å². The first-order valence-corrected chi connectivity index (χ1v) is 9.75. The number of carbonyl (C=O) groups excluding carboxylic acids is 1. The summed E-state index contributed by atoms with van der Waals surface area (Å²) in [6.07, 6.45) is 2.84. The van der Waals surface area contributed by atoms with E-state index in [9.17, 15) is 9.59 Å². The van der Waals surface area contributed by atoms with Crippen LogP contribution in [0.15, 0.2) is 88.1 Å². The Hall–Kier alpha value is -3.34. The van der Waals surface area contributed by atoms with Crippen molar-refractivity contribution in [2.45, 2.75) is 0 Å². The van der Waals surface area contributed by atoms with E-state index in [2.05, 4.69) is 0 Å². The van der Waals surface area contributed by atoms with Crippen LogP contribution >= 0.6 is 23.2 Å². The van der Waals surface area contributed by atoms with Crippen LogP contribution in [-0.4, -0.2) is 5.97 Å². The summed E-state index contributed by atoms with van der Waals surface area (Å²) in [6.45, 7) is 0. The second-order valence-electron chi connectivity index (χ2n) is 6.37. The van der Waals surface area contributed by atoms with Gasteiger partial charge in [0.25, 0.3) is 0 Å². The smallest absolute Gasteiger partial charge is 0.336 e. The summed E-state index contributed by atoms with van der Waals surface area (Å²) in [6, 6.07) is 20.7. The summed E-state index contributed by atoms with van der Waals surface area (Å²) in [5.41, 5.74) is 1.09. The zero-order valence-corrected chi connectivity index (χ0v) is 17.0. The van der Waals surface area contributed by atoms with Gasteiger partial charge in [-0.2, -0.15) is 0 Å². The largest absolute Gasteiger partial charge is 0.452 e. The van der Waals surface area contributed by atoms with Crippen molar-refractivity contribution >= 4 is 46.2 Å². The minimum Gasteiger partial charge on any atom is -0.452 e. The highest BCUT2D eigenvalue weighted by Crippen LogP contribution is 2.36. The number of ether oxygens (including phenoxy) is 1. The quantitative estimate of drug-likeness (QED) is 0.274. The first-order chi connectivity index (χ1) is 14.5. The lowest BCUT2D eigenvalue weighted by molar-refractivity contribution is -0.129. The first kappa shape index (κ1) is 20.0. The molecule has 0 aliphatic heterocycles. The van der Waals surface area contributed by atoms with Crippen LogP contribution in [0.1, 0.15) is 5.56 Å². The van der Waals surface area contributed by atoms with Crippen LogP contribution in [0.5, 0.6) is 5.75 Å². The third kappa shape index (κ3) is 4.15. The maximum absolute atomic E-state index is 13.1. The topological polar surface area (TPSA) is 56.5 Å². The van der Waals surface area contributed by atoms with Gasteiger partial charge in [-0.1, -0.05) is 65.7 Å². The molecule has 0 atom stereocenters. The highest BCUT2D eigenvalue weighted by atomic mass is 35.5. The number of hydrogen-bond acceptors (Lipinski definition) is 4. The minimum absolute atomic E-state index is 0.0572. The fraction of sp³-hybridized carbons (Fsp3) is 0. The molecular weight excluding hydrogens is 423 g/mol. The number of para-hydroxylation sites is 1. The summed E-state index contributed by atoms with van der Waals surface area (Å²) in [7, 11) is 0. The lowest BCUT2D eigenvalue weighted by Crippen LogP contribution is -2.14. The van der Waals surface area contributed by atoms with Gasteiger partial charge in [0.05, 0.1) is 10.4 Å². The van der Waals surface area contributed by atoms with Gasteiger partial charge in [-0.3, -0.25) is 4.79 Å². The van der Waals surface area contributed by atoms with E-state index in [0.29, 0.717) is 21.6 Å². The molecule has 0 amide bonds. The van der Waals surface area contributed by atoms with Gasteiger partial charge in [-0.15, -0.1) is 0 Å². The Balaban J connectivity index is 1.81. The van der Waals surface area contributed by atoms with Gasteiger partial charge in [0.2, 0.25) is 11.2 Å². The van der Waals surface area contributed by atoms with Crippen LogP contribution in [0.4, 0.5) is 0 Å². The molecule has 0 bridgehead atoms. The molecule has 0 saturated carbocycles. The highest BCUT2D eigenvalue weighted by Gasteiger charge is 2.21. The molecular formula is C24H14Cl2O4. The van der Waals surface area contributed by atoms with Crippen molar-refractivity contribution in [1.82, 2.24) is 0 Å². The Labute approximate surface area is 181 Å². The van der Waals surface area contributed by atoms with Gasteiger partial charge in [0.15, 0.2) is 5.76 Å². The molecule has 0 aliphatic rings. The molecule has 4 aromatic rings. The molecule has 148 valence electrons. The fourth-order valence-corrected chi connectivity index (χ4v) is 3.43. The summed E-state index contributed by atoms with van der Waals surface area (Å²) >= 11 is 12.3. The van der Waals surface area contributed by atoms with Gasteiger partial charge in [-0.25, -0.2) is 4.79 Å². The molecule has 30 heavy (non-hydrogen) atoms. The van der Waals surface area contributed by atoms with Crippen LogP contribution in [0, 0.1) is 0 Å². The van der Waals surface area contributed by atoms with E-state index in [4.69, 9.17) is 32.4 Å². The van der Waals surface area contributed by atoms with Crippen molar-refractivity contribution in [2.75, 3.05) is 0 Å². The molecule has 6 heteroatoms. The lowest BCUT2D eigenvalue weighted by Gasteiger charge is -2.11. The van der Waals surface area contributed by atoms with Crippen LogP contribution < -0.4 is 10.2 Å². The van der Waals surface area contributed by atoms with E-state index in [1.54, 1.807) is 42.5 Å². The van der Waals surface area contributed by atoms with Gasteiger partial charge in [0, 0.05) is 16.7 Å². The average Bonchev–Trinajstić information content (AvgIpc) is 2.75. The molecule has 0 radical (unpaired) electrons. The molecule has 0 fully saturated rings. The monoisotopic (exact) mass is 436 g/mol. The maximum atomic E-state index is 13.1. The molecule has 1 heterocycles. The number of carbonyl (C=O) groups is 1. The van der Waals surface area contributed by atoms with Crippen molar-refractivity contribution < 1.29 is 13.9 Å². The summed E-state index contributed by atoms with van der Waals surface area (Å²) in [5, 5.41) is 0.982. The highest BCUT2D eigenvalue weighted by molar-refractivity contribution is 6.36. The van der Waals surface area contributed by atoms with E-state index >= 15 is 0 Å². The Morgan fingerprint density at radius 3 is 2.43 bits per heavy atom. The molecule has 0 unspecified atom stereocenters. The Bertz CT molecular complexity index is 1320. The third-order valence-corrected chi connectivity index (χ3v) is 4.89. The maximum Gasteiger partial charge on any atom is 0.336 e. The van der Waals surface area contributed by atoms with Gasteiger partial charge >= 0.3 is 5.97 Å². The summed E-state index contributed by atoms with van der Waals surface area (Å²) < 4.78 is 11.3. The predicted octanol–water partition coefficient (Wildman–Crippen LogP) is 6.39. The van der Waals surface area contributed by atoms with E-state index in [1.807, 2.05) is 30.3 Å². The van der Waals surface area contributed by atoms with Gasteiger partial charge in [-0.05, 0) is 42.0 Å². The lowest BCUT2D eigenvalue weighted by atomic mass is 10.1. The molecule has 0 spiro atoms. The second kappa shape index (κ2) is 8.57. The average molecular weight is 437 g/mol. The number of halogens is 2. The van der Waals surface area contributed by atoms with Crippen molar-refractivity contribution in [3.63, 3.8) is 0 Å². The zero-order valence-electron chi connectivity index (χ0n) is 15.5. The zero-order chi connectivity index (χ0) is 21.1. The fourth-order valence-electron chi connectivity index (χ4n) is 2.93. The number of hydrogen-bond donors (Lipinski definition) is 0. The first-order valence-electron chi connectivity index (χ1n) is 8.99. The van der Waals surface area contributed by atoms with Crippen LogP contribution in [0.2, 0.25) is 10.0 Å². The number of benzene rings is 3. The number of fused-ring (bicyclic) bond motifs is 1. The van der Waals surface area contributed by atoms with Crippen LogP contribution in [-0.2, 0) is 4.79 Å². The van der Waals surface area contributed by atoms with Crippen LogP contribution in [0.25, 0.3) is 28.4 Å². The van der Waals surface area contributed by atoms with Crippen molar-refractivity contribution in [2.24, 2.45) is 0 Å². The predicted molar refractivity (Wildman–Crippen MR) is 119 cm³/mol. The molecule has 0 N–H and O–H groups in total. The van der Waals surface area contributed by atoms with Gasteiger partial charge in [0.1, 0.15) is 5.58 Å². The number of esters is 1. The Morgan fingerprint density at radius 2 is 1.67 bits per heavy atom. The van der Waals surface area contributed by atoms with E-state index < -0.39 is 11.4 Å². The Kier molecular flexibility index (Phi) is 5.70. The van der Waals surface area contributed by atoms with Crippen LogP contribution in [0.3, 0.4) is 0 Å². The Morgan fingerprint density at radius 1 is 0.933 bits per heavy atom. The van der Waals surface area contributed by atoms with Crippen molar-refractivity contribution in [1.29, 1.82) is 0 Å². The molecule has 0 aliphatic carbocycles. The summed E-state index contributed by atoms with van der Waals surface area (Å²) in [4.78, 5) is 25.5. The minimum atomic E-state index is -0.715. The second-order valence-corrected chi connectivity index (χ2v) is 7.22. The van der Waals surface area contributed by atoms with Gasteiger partial charge < -0.3 is 9.15 Å². The summed E-state index contributed by atoms with van der Waals surface area (Å²) in [5.74, 6) is -0.893.